The molecule has 2 aromatic heterocycles. The lowest BCUT2D eigenvalue weighted by Crippen LogP contribution is -2.22. The van der Waals surface area contributed by atoms with Crippen LogP contribution in [0.4, 0.5) is 0 Å². The fraction of sp³-hybridized carbons (Fsp3) is 0.250. The first-order chi connectivity index (χ1) is 13.6. The molecular formula is C20H20N4O2S2. The topological polar surface area (TPSA) is 56.3 Å². The van der Waals surface area contributed by atoms with Crippen molar-refractivity contribution in [1.82, 2.24) is 19.7 Å². The van der Waals surface area contributed by atoms with Crippen molar-refractivity contribution in [2.75, 3.05) is 13.7 Å². The van der Waals surface area contributed by atoms with Gasteiger partial charge in [-0.25, -0.2) is 9.67 Å². The second-order valence-corrected chi connectivity index (χ2v) is 7.83. The lowest BCUT2D eigenvalue weighted by atomic mass is 10.2. The summed E-state index contributed by atoms with van der Waals surface area (Å²) >= 11 is 7.05. The Labute approximate surface area is 172 Å². The Morgan fingerprint density at radius 1 is 1.18 bits per heavy atom. The van der Waals surface area contributed by atoms with Crippen molar-refractivity contribution in [3.8, 4) is 17.2 Å². The molecule has 0 N–H and O–H groups in total. The third-order valence-corrected chi connectivity index (χ3v) is 5.45. The van der Waals surface area contributed by atoms with Gasteiger partial charge in [0.2, 0.25) is 5.89 Å². The third-order valence-electron chi connectivity index (χ3n) is 4.14. The molecule has 0 radical (unpaired) electrons. The Balaban J connectivity index is 1.46. The lowest BCUT2D eigenvalue weighted by molar-refractivity contribution is 0.240. The van der Waals surface area contributed by atoms with Gasteiger partial charge < -0.3 is 9.15 Å². The minimum atomic E-state index is 0.347. The molecule has 0 saturated heterocycles. The van der Waals surface area contributed by atoms with E-state index in [4.69, 9.17) is 21.4 Å². The summed E-state index contributed by atoms with van der Waals surface area (Å²) in [6, 6.07) is 15.8. The molecule has 0 atom stereocenters. The Kier molecular flexibility index (Phi) is 5.52. The summed E-state index contributed by atoms with van der Waals surface area (Å²) in [6.45, 7) is 3.83. The zero-order valence-corrected chi connectivity index (χ0v) is 17.3. The van der Waals surface area contributed by atoms with Gasteiger partial charge in [-0.15, -0.1) is 16.4 Å². The van der Waals surface area contributed by atoms with Gasteiger partial charge in [0.25, 0.3) is 4.84 Å². The van der Waals surface area contributed by atoms with Crippen molar-refractivity contribution in [2.45, 2.75) is 20.1 Å². The molecule has 4 rings (SSSR count). The summed E-state index contributed by atoms with van der Waals surface area (Å²) < 4.78 is 14.0. The summed E-state index contributed by atoms with van der Waals surface area (Å²) in [5, 5.41) is 5.59. The second kappa shape index (κ2) is 8.22. The van der Waals surface area contributed by atoms with Gasteiger partial charge in [0, 0.05) is 5.56 Å². The molecule has 0 bridgehead atoms. The highest BCUT2D eigenvalue weighted by Gasteiger charge is 2.12. The number of fused-ring (bicyclic) bond motifs is 1. The molecule has 0 spiro atoms. The number of nitrogens with zero attached hydrogens (tertiary/aromatic N) is 4. The van der Waals surface area contributed by atoms with E-state index >= 15 is 0 Å². The Morgan fingerprint density at radius 3 is 2.71 bits per heavy atom. The maximum Gasteiger partial charge on any atom is 0.288 e. The van der Waals surface area contributed by atoms with E-state index in [1.54, 1.807) is 16.0 Å². The number of benzene rings is 2. The molecule has 0 aliphatic rings. The van der Waals surface area contributed by atoms with Crippen LogP contribution in [0, 0.1) is 4.84 Å². The van der Waals surface area contributed by atoms with Crippen LogP contribution in [0.5, 0.6) is 5.75 Å². The van der Waals surface area contributed by atoms with Gasteiger partial charge in [-0.2, -0.15) is 0 Å². The van der Waals surface area contributed by atoms with E-state index in [0.717, 1.165) is 21.8 Å². The number of ether oxygens (including phenoxy) is 1. The maximum absolute atomic E-state index is 5.69. The van der Waals surface area contributed by atoms with Gasteiger partial charge in [-0.1, -0.05) is 12.1 Å². The Morgan fingerprint density at radius 2 is 1.96 bits per heavy atom. The number of hydrogen-bond donors (Lipinski definition) is 0. The summed E-state index contributed by atoms with van der Waals surface area (Å²) in [6.07, 6.45) is 0. The van der Waals surface area contributed by atoms with E-state index in [1.807, 2.05) is 56.4 Å². The lowest BCUT2D eigenvalue weighted by Gasteiger charge is -2.13. The van der Waals surface area contributed by atoms with Crippen LogP contribution in [0.1, 0.15) is 11.9 Å². The number of aromatic nitrogens is 3. The fourth-order valence-corrected chi connectivity index (χ4v) is 4.09. The normalized spacial score (nSPS) is 11.4. The monoisotopic (exact) mass is 412 g/mol. The number of hydrogen-bond acceptors (Lipinski definition) is 7. The first-order valence-corrected chi connectivity index (χ1v) is 10.2. The van der Waals surface area contributed by atoms with Crippen LogP contribution in [-0.4, -0.2) is 33.3 Å². The van der Waals surface area contributed by atoms with Crippen molar-refractivity contribution in [1.29, 1.82) is 0 Å². The number of para-hydroxylation sites is 1. The second-order valence-electron chi connectivity index (χ2n) is 6.36. The van der Waals surface area contributed by atoms with Crippen LogP contribution in [0.2, 0.25) is 0 Å². The predicted molar refractivity (Wildman–Crippen MR) is 113 cm³/mol. The number of thiazole rings is 1. The van der Waals surface area contributed by atoms with E-state index in [0.29, 0.717) is 30.5 Å². The summed E-state index contributed by atoms with van der Waals surface area (Å²) in [5.74, 6) is 1.32. The van der Waals surface area contributed by atoms with Crippen molar-refractivity contribution < 1.29 is 9.15 Å². The highest BCUT2D eigenvalue weighted by Crippen LogP contribution is 2.23. The molecule has 0 amide bonds. The van der Waals surface area contributed by atoms with E-state index in [2.05, 4.69) is 21.0 Å². The van der Waals surface area contributed by atoms with E-state index in [1.165, 1.54) is 4.70 Å². The van der Waals surface area contributed by atoms with Crippen LogP contribution in [0.15, 0.2) is 52.9 Å². The predicted octanol–water partition coefficient (Wildman–Crippen LogP) is 4.97. The molecule has 2 aromatic carbocycles. The molecular weight excluding hydrogens is 392 g/mol. The van der Waals surface area contributed by atoms with Crippen molar-refractivity contribution in [3.63, 3.8) is 0 Å². The number of rotatable bonds is 7. The summed E-state index contributed by atoms with van der Waals surface area (Å²) in [4.78, 5) is 7.14. The van der Waals surface area contributed by atoms with Gasteiger partial charge >= 0.3 is 0 Å². The highest BCUT2D eigenvalue weighted by molar-refractivity contribution is 7.71. The van der Waals surface area contributed by atoms with E-state index < -0.39 is 0 Å². The molecule has 6 nitrogen and oxygen atoms in total. The van der Waals surface area contributed by atoms with Crippen LogP contribution in [0.25, 0.3) is 21.7 Å². The van der Waals surface area contributed by atoms with Gasteiger partial charge in [0.1, 0.15) is 10.8 Å². The Hall–Kier alpha value is -2.55. The van der Waals surface area contributed by atoms with Crippen molar-refractivity contribution >= 4 is 33.8 Å². The first-order valence-electron chi connectivity index (χ1n) is 8.96. The summed E-state index contributed by atoms with van der Waals surface area (Å²) in [5.41, 5.74) is 1.90. The van der Waals surface area contributed by atoms with Gasteiger partial charge in [-0.05, 0) is 62.6 Å². The minimum Gasteiger partial charge on any atom is -0.494 e. The quantitative estimate of drug-likeness (QED) is 0.400. The molecule has 144 valence electrons. The molecule has 28 heavy (non-hydrogen) atoms. The average molecular weight is 413 g/mol. The van der Waals surface area contributed by atoms with Crippen LogP contribution in [0.3, 0.4) is 0 Å². The Bertz CT molecular complexity index is 1100. The van der Waals surface area contributed by atoms with Crippen LogP contribution < -0.4 is 4.74 Å². The molecule has 0 aliphatic heterocycles. The minimum absolute atomic E-state index is 0.347. The van der Waals surface area contributed by atoms with Crippen molar-refractivity contribution in [2.24, 2.45) is 0 Å². The van der Waals surface area contributed by atoms with Crippen molar-refractivity contribution in [3.05, 3.63) is 58.4 Å². The van der Waals surface area contributed by atoms with Gasteiger partial charge in [0.05, 0.1) is 30.0 Å². The van der Waals surface area contributed by atoms with Gasteiger partial charge in [-0.3, -0.25) is 4.90 Å². The fourth-order valence-electron chi connectivity index (χ4n) is 2.87. The van der Waals surface area contributed by atoms with Gasteiger partial charge in [0.15, 0.2) is 0 Å². The highest BCUT2D eigenvalue weighted by atomic mass is 32.1. The van der Waals surface area contributed by atoms with E-state index in [-0.39, 0.29) is 0 Å². The maximum atomic E-state index is 5.69. The molecule has 0 unspecified atom stereocenters. The van der Waals surface area contributed by atoms with Crippen LogP contribution >= 0.6 is 23.6 Å². The van der Waals surface area contributed by atoms with Crippen LogP contribution in [-0.2, 0) is 13.2 Å². The zero-order valence-electron chi connectivity index (χ0n) is 15.7. The zero-order chi connectivity index (χ0) is 19.5. The largest absolute Gasteiger partial charge is 0.494 e. The standard InChI is InChI=1S/C20H20N4O2S2/c1-3-25-15-10-8-14(9-11-15)19-22-24(20(27)26-19)13-23(2)12-18-21-16-6-4-5-7-17(16)28-18/h4-11H,3,12-13H2,1-2H3. The summed E-state index contributed by atoms with van der Waals surface area (Å²) in [7, 11) is 2.01. The van der Waals surface area contributed by atoms with E-state index in [9.17, 15) is 0 Å². The molecule has 0 aliphatic carbocycles. The molecule has 2 heterocycles. The SMILES string of the molecule is CCOc1ccc(-c2nn(CN(C)Cc3nc4ccccc4s3)c(=S)o2)cc1. The smallest absolute Gasteiger partial charge is 0.288 e. The third kappa shape index (κ3) is 4.14. The molecule has 0 saturated carbocycles. The first kappa shape index (κ1) is 18.8. The molecule has 4 aromatic rings. The molecule has 8 heteroatoms. The average Bonchev–Trinajstić information content (AvgIpc) is 3.25. The molecule has 0 fully saturated rings.